The number of carbonyl (C=O) groups is 3. The van der Waals surface area contributed by atoms with Gasteiger partial charge in [0, 0.05) is 37.9 Å². The summed E-state index contributed by atoms with van der Waals surface area (Å²) < 4.78 is 40.3. The van der Waals surface area contributed by atoms with Crippen molar-refractivity contribution >= 4 is 35.2 Å². The SMILES string of the molecule is CC.COc1ccc(-c2cnc(C(=O)Nc3ccc(C(=O)N4CCC(CCNC(=O)OC(C)(C)C)CC4)c(Cl)c3)n2C)c(F)c1F. The summed E-state index contributed by atoms with van der Waals surface area (Å²) in [4.78, 5) is 43.9. The molecule has 4 rings (SSSR count). The highest BCUT2D eigenvalue weighted by Crippen LogP contribution is 2.30. The van der Waals surface area contributed by atoms with Gasteiger partial charge in [0.15, 0.2) is 17.4 Å². The molecule has 0 atom stereocenters. The maximum atomic E-state index is 14.6. The Hall–Kier alpha value is -4.19. The molecule has 0 spiro atoms. The molecule has 2 heterocycles. The first kappa shape index (κ1) is 36.3. The van der Waals surface area contributed by atoms with E-state index >= 15 is 0 Å². The number of nitrogens with zero attached hydrogens (tertiary/aromatic N) is 3. The molecule has 2 N–H and O–H groups in total. The molecule has 2 aromatic carbocycles. The molecule has 1 aromatic heterocycles. The summed E-state index contributed by atoms with van der Waals surface area (Å²) >= 11 is 6.46. The third-order valence-corrected chi connectivity index (χ3v) is 7.63. The molecular weight excluding hydrogens is 620 g/mol. The normalized spacial score (nSPS) is 13.4. The van der Waals surface area contributed by atoms with Crippen molar-refractivity contribution in [3.05, 3.63) is 64.6 Å². The van der Waals surface area contributed by atoms with Gasteiger partial charge in [-0.05, 0) is 76.3 Å². The van der Waals surface area contributed by atoms with Crippen molar-refractivity contribution in [3.8, 4) is 17.0 Å². The molecule has 13 heteroatoms. The van der Waals surface area contributed by atoms with E-state index in [0.29, 0.717) is 36.8 Å². The van der Waals surface area contributed by atoms with Gasteiger partial charge in [0.25, 0.3) is 11.8 Å². The zero-order valence-corrected chi connectivity index (χ0v) is 28.1. The lowest BCUT2D eigenvalue weighted by atomic mass is 9.93. The average molecular weight is 662 g/mol. The Kier molecular flexibility index (Phi) is 12.5. The van der Waals surface area contributed by atoms with Crippen molar-refractivity contribution in [2.24, 2.45) is 13.0 Å². The van der Waals surface area contributed by atoms with E-state index in [1.165, 1.54) is 43.1 Å². The molecule has 1 saturated heterocycles. The number of piperidine rings is 1. The van der Waals surface area contributed by atoms with Crippen LogP contribution >= 0.6 is 11.6 Å². The summed E-state index contributed by atoms with van der Waals surface area (Å²) in [6, 6.07) is 7.23. The van der Waals surface area contributed by atoms with Crippen molar-refractivity contribution in [1.29, 1.82) is 0 Å². The first-order valence-electron chi connectivity index (χ1n) is 15.2. The number of aromatic nitrogens is 2. The first-order valence-corrected chi connectivity index (χ1v) is 15.6. The van der Waals surface area contributed by atoms with E-state index in [1.807, 2.05) is 34.6 Å². The summed E-state index contributed by atoms with van der Waals surface area (Å²) in [7, 11) is 2.74. The second-order valence-corrected chi connectivity index (χ2v) is 12.0. The number of anilines is 1. The third-order valence-electron chi connectivity index (χ3n) is 7.31. The van der Waals surface area contributed by atoms with Gasteiger partial charge in [-0.2, -0.15) is 4.39 Å². The fraction of sp³-hybridized carbons (Fsp3) is 0.455. The lowest BCUT2D eigenvalue weighted by Crippen LogP contribution is -2.39. The Morgan fingerprint density at radius 1 is 1.07 bits per heavy atom. The number of rotatable bonds is 8. The van der Waals surface area contributed by atoms with Crippen molar-refractivity contribution < 1.29 is 32.6 Å². The molecule has 46 heavy (non-hydrogen) atoms. The Labute approximate surface area is 273 Å². The van der Waals surface area contributed by atoms with Gasteiger partial charge in [-0.1, -0.05) is 25.4 Å². The van der Waals surface area contributed by atoms with Crippen molar-refractivity contribution in [2.75, 3.05) is 32.1 Å². The molecule has 1 aliphatic rings. The Morgan fingerprint density at radius 3 is 2.35 bits per heavy atom. The smallest absolute Gasteiger partial charge is 0.407 e. The van der Waals surface area contributed by atoms with E-state index in [1.54, 1.807) is 17.0 Å². The van der Waals surface area contributed by atoms with Gasteiger partial charge in [0.1, 0.15) is 5.60 Å². The number of amides is 3. The lowest BCUT2D eigenvalue weighted by Gasteiger charge is -2.32. The summed E-state index contributed by atoms with van der Waals surface area (Å²) in [5.74, 6) is -2.99. The molecule has 3 amide bonds. The van der Waals surface area contributed by atoms with Gasteiger partial charge in [0.2, 0.25) is 5.82 Å². The molecule has 0 saturated carbocycles. The summed E-state index contributed by atoms with van der Waals surface area (Å²) in [6.07, 6.45) is 3.22. The number of nitrogens with one attached hydrogen (secondary N) is 2. The minimum atomic E-state index is -1.14. The van der Waals surface area contributed by atoms with Crippen LogP contribution in [0.2, 0.25) is 5.02 Å². The molecule has 0 bridgehead atoms. The van der Waals surface area contributed by atoms with Crippen LogP contribution in [0.15, 0.2) is 36.5 Å². The molecule has 0 unspecified atom stereocenters. The molecular formula is C33H42ClF2N5O5. The van der Waals surface area contributed by atoms with E-state index in [4.69, 9.17) is 21.1 Å². The van der Waals surface area contributed by atoms with E-state index in [2.05, 4.69) is 15.6 Å². The van der Waals surface area contributed by atoms with E-state index < -0.39 is 29.2 Å². The number of ether oxygens (including phenoxy) is 2. The topological polar surface area (TPSA) is 115 Å². The zero-order valence-electron chi connectivity index (χ0n) is 27.3. The molecule has 3 aromatic rings. The number of imidazole rings is 1. The van der Waals surface area contributed by atoms with Crippen molar-refractivity contribution in [1.82, 2.24) is 19.8 Å². The Balaban J connectivity index is 0.00000282. The molecule has 1 fully saturated rings. The van der Waals surface area contributed by atoms with Crippen LogP contribution in [-0.4, -0.2) is 64.7 Å². The number of carbonyl (C=O) groups excluding carboxylic acids is 3. The highest BCUT2D eigenvalue weighted by molar-refractivity contribution is 6.34. The minimum Gasteiger partial charge on any atom is -0.494 e. The quantitative estimate of drug-likeness (QED) is 0.267. The van der Waals surface area contributed by atoms with Crippen molar-refractivity contribution in [3.63, 3.8) is 0 Å². The number of halogens is 3. The minimum absolute atomic E-state index is 0.0453. The number of alkyl carbamates (subject to hydrolysis) is 1. The van der Waals surface area contributed by atoms with Crippen LogP contribution < -0.4 is 15.4 Å². The van der Waals surface area contributed by atoms with Crippen LogP contribution in [0.25, 0.3) is 11.3 Å². The number of hydrogen-bond donors (Lipinski definition) is 2. The monoisotopic (exact) mass is 661 g/mol. The molecule has 10 nitrogen and oxygen atoms in total. The van der Waals surface area contributed by atoms with E-state index in [0.717, 1.165) is 19.3 Å². The Morgan fingerprint density at radius 2 is 1.74 bits per heavy atom. The molecule has 1 aliphatic heterocycles. The van der Waals surface area contributed by atoms with Gasteiger partial charge in [0.05, 0.1) is 29.6 Å². The molecule has 0 radical (unpaired) electrons. The van der Waals surface area contributed by atoms with Gasteiger partial charge >= 0.3 is 6.09 Å². The summed E-state index contributed by atoms with van der Waals surface area (Å²) in [5, 5.41) is 5.63. The van der Waals surface area contributed by atoms with Crippen LogP contribution in [-0.2, 0) is 11.8 Å². The van der Waals surface area contributed by atoms with Gasteiger partial charge in [-0.15, -0.1) is 0 Å². The standard InChI is InChI=1S/C31H36ClF2N5O5.C2H6/c1-31(2,3)44-30(42)35-13-10-18-11-14-39(15-12-18)29(41)20-7-6-19(16-22(20)32)37-28(40)27-36-17-23(38(27)4)21-8-9-24(43-5)26(34)25(21)33;1-2/h6-9,16-18H,10-15H2,1-5H3,(H,35,42)(H,37,40);1-2H3. The summed E-state index contributed by atoms with van der Waals surface area (Å²) in [6.45, 7) is 11.1. The number of benzene rings is 2. The van der Waals surface area contributed by atoms with E-state index in [9.17, 15) is 23.2 Å². The predicted molar refractivity (Wildman–Crippen MR) is 173 cm³/mol. The maximum absolute atomic E-state index is 14.6. The van der Waals surface area contributed by atoms with Gasteiger partial charge in [-0.3, -0.25) is 9.59 Å². The highest BCUT2D eigenvalue weighted by Gasteiger charge is 2.26. The van der Waals surface area contributed by atoms with Crippen LogP contribution in [0, 0.1) is 17.6 Å². The van der Waals surface area contributed by atoms with Crippen LogP contribution in [0.3, 0.4) is 0 Å². The molecule has 0 aliphatic carbocycles. The second-order valence-electron chi connectivity index (χ2n) is 11.6. The maximum Gasteiger partial charge on any atom is 0.407 e. The van der Waals surface area contributed by atoms with E-state index in [-0.39, 0.29) is 33.8 Å². The van der Waals surface area contributed by atoms with Crippen molar-refractivity contribution in [2.45, 2.75) is 59.5 Å². The first-order chi connectivity index (χ1) is 21.8. The summed E-state index contributed by atoms with van der Waals surface area (Å²) in [5.41, 5.74) is 0.207. The predicted octanol–water partition coefficient (Wildman–Crippen LogP) is 7.07. The van der Waals surface area contributed by atoms with Crippen LogP contribution in [0.4, 0.5) is 19.3 Å². The lowest BCUT2D eigenvalue weighted by molar-refractivity contribution is 0.0522. The Bertz CT molecular complexity index is 1550. The fourth-order valence-electron chi connectivity index (χ4n) is 5.00. The van der Waals surface area contributed by atoms with Crippen LogP contribution in [0.1, 0.15) is 74.9 Å². The zero-order chi connectivity index (χ0) is 34.2. The fourth-order valence-corrected chi connectivity index (χ4v) is 5.26. The molecule has 250 valence electrons. The average Bonchev–Trinajstić information content (AvgIpc) is 3.39. The second kappa shape index (κ2) is 15.9. The number of methoxy groups -OCH3 is 1. The third kappa shape index (κ3) is 8.96. The number of likely N-dealkylation sites (tertiary alicyclic amines) is 1. The van der Waals surface area contributed by atoms with Gasteiger partial charge in [-0.25, -0.2) is 14.2 Å². The number of hydrogen-bond acceptors (Lipinski definition) is 6. The largest absolute Gasteiger partial charge is 0.494 e. The highest BCUT2D eigenvalue weighted by atomic mass is 35.5. The van der Waals surface area contributed by atoms with Gasteiger partial charge < -0.3 is 29.6 Å². The van der Waals surface area contributed by atoms with Crippen LogP contribution in [0.5, 0.6) is 5.75 Å².